The van der Waals surface area contributed by atoms with Crippen LogP contribution in [0.15, 0.2) is 35.5 Å². The SMILES string of the molecule is COCc1cc(OCC2CN(Cc3ccccc3C(=O)OC)CCO2)nc(SC)n1. The van der Waals surface area contributed by atoms with Crippen molar-refractivity contribution in [1.82, 2.24) is 14.9 Å². The minimum atomic E-state index is -0.320. The minimum Gasteiger partial charge on any atom is -0.475 e. The molecule has 0 radical (unpaired) electrons. The molecule has 1 aliphatic rings. The van der Waals surface area contributed by atoms with Gasteiger partial charge in [0.2, 0.25) is 5.88 Å². The average Bonchev–Trinajstić information content (AvgIpc) is 2.78. The van der Waals surface area contributed by atoms with Gasteiger partial charge < -0.3 is 18.9 Å². The summed E-state index contributed by atoms with van der Waals surface area (Å²) in [5.74, 6) is 0.192. The second-order valence-corrected chi connectivity index (χ2v) is 7.58. The molecule has 1 aliphatic heterocycles. The van der Waals surface area contributed by atoms with Crippen molar-refractivity contribution in [3.05, 3.63) is 47.2 Å². The predicted molar refractivity (Wildman–Crippen MR) is 113 cm³/mol. The molecule has 8 nitrogen and oxygen atoms in total. The average molecular weight is 434 g/mol. The summed E-state index contributed by atoms with van der Waals surface area (Å²) in [6, 6.07) is 9.30. The molecule has 1 atom stereocenters. The van der Waals surface area contributed by atoms with Crippen molar-refractivity contribution in [2.75, 3.05) is 46.8 Å². The lowest BCUT2D eigenvalue weighted by atomic mass is 10.1. The highest BCUT2D eigenvalue weighted by atomic mass is 32.2. The van der Waals surface area contributed by atoms with Crippen molar-refractivity contribution < 1.29 is 23.7 Å². The van der Waals surface area contributed by atoms with Crippen molar-refractivity contribution in [3.63, 3.8) is 0 Å². The molecule has 162 valence electrons. The summed E-state index contributed by atoms with van der Waals surface area (Å²) in [5.41, 5.74) is 2.31. The lowest BCUT2D eigenvalue weighted by Crippen LogP contribution is -2.44. The van der Waals surface area contributed by atoms with Gasteiger partial charge in [0.25, 0.3) is 0 Å². The lowest BCUT2D eigenvalue weighted by molar-refractivity contribution is -0.0511. The number of ether oxygens (including phenoxy) is 4. The van der Waals surface area contributed by atoms with Gasteiger partial charge >= 0.3 is 5.97 Å². The standard InChI is InChI=1S/C21H27N3O5S/c1-26-13-16-10-19(23-21(22-16)30-3)29-14-17-12-24(8-9-28-17)11-15-6-4-5-7-18(15)20(25)27-2/h4-7,10,17H,8-9,11-14H2,1-3H3. The summed E-state index contributed by atoms with van der Waals surface area (Å²) in [7, 11) is 3.03. The van der Waals surface area contributed by atoms with E-state index in [9.17, 15) is 4.79 Å². The summed E-state index contributed by atoms with van der Waals surface area (Å²) in [5, 5.41) is 0.644. The molecule has 0 N–H and O–H groups in total. The summed E-state index contributed by atoms with van der Waals surface area (Å²) in [6.45, 7) is 3.51. The molecule has 1 unspecified atom stereocenters. The fourth-order valence-electron chi connectivity index (χ4n) is 3.25. The molecule has 1 aromatic carbocycles. The first kappa shape index (κ1) is 22.5. The van der Waals surface area contributed by atoms with Crippen LogP contribution in [0.2, 0.25) is 0 Å². The molecule has 0 amide bonds. The van der Waals surface area contributed by atoms with Gasteiger partial charge in [-0.15, -0.1) is 0 Å². The quantitative estimate of drug-likeness (QED) is 0.336. The second-order valence-electron chi connectivity index (χ2n) is 6.80. The maximum absolute atomic E-state index is 12.0. The molecule has 0 saturated carbocycles. The van der Waals surface area contributed by atoms with Crippen LogP contribution in [0.5, 0.6) is 5.88 Å². The number of carbonyl (C=O) groups is 1. The van der Waals surface area contributed by atoms with E-state index < -0.39 is 0 Å². The van der Waals surface area contributed by atoms with Crippen molar-refractivity contribution in [3.8, 4) is 5.88 Å². The van der Waals surface area contributed by atoms with E-state index in [1.807, 2.05) is 24.5 Å². The number of hydrogen-bond donors (Lipinski definition) is 0. The number of thioether (sulfide) groups is 1. The molecular formula is C21H27N3O5S. The number of nitrogens with zero attached hydrogens (tertiary/aromatic N) is 3. The van der Waals surface area contributed by atoms with E-state index >= 15 is 0 Å². The Morgan fingerprint density at radius 2 is 2.13 bits per heavy atom. The number of hydrogen-bond acceptors (Lipinski definition) is 9. The third kappa shape index (κ3) is 6.15. The van der Waals surface area contributed by atoms with Crippen LogP contribution in [0.25, 0.3) is 0 Å². The van der Waals surface area contributed by atoms with E-state index in [-0.39, 0.29) is 12.1 Å². The van der Waals surface area contributed by atoms with E-state index in [4.69, 9.17) is 18.9 Å². The summed E-state index contributed by atoms with van der Waals surface area (Å²) < 4.78 is 21.8. The first-order chi connectivity index (χ1) is 14.6. The Hall–Kier alpha value is -2.20. The van der Waals surface area contributed by atoms with E-state index in [2.05, 4.69) is 14.9 Å². The maximum atomic E-state index is 12.0. The van der Waals surface area contributed by atoms with Crippen molar-refractivity contribution >= 4 is 17.7 Å². The van der Waals surface area contributed by atoms with Crippen LogP contribution in [-0.2, 0) is 27.4 Å². The molecule has 0 spiro atoms. The Morgan fingerprint density at radius 1 is 1.30 bits per heavy atom. The summed E-state index contributed by atoms with van der Waals surface area (Å²) >= 11 is 1.46. The van der Waals surface area contributed by atoms with Crippen LogP contribution in [0.1, 0.15) is 21.6 Å². The van der Waals surface area contributed by atoms with Crippen molar-refractivity contribution in [2.45, 2.75) is 24.4 Å². The molecule has 3 rings (SSSR count). The van der Waals surface area contributed by atoms with E-state index in [0.29, 0.717) is 49.5 Å². The Labute approximate surface area is 180 Å². The number of carbonyl (C=O) groups excluding carboxylic acids is 1. The maximum Gasteiger partial charge on any atom is 0.338 e. The fraction of sp³-hybridized carbons (Fsp3) is 0.476. The van der Waals surface area contributed by atoms with Crippen LogP contribution < -0.4 is 4.74 Å². The smallest absolute Gasteiger partial charge is 0.338 e. The predicted octanol–water partition coefficient (Wildman–Crippen LogP) is 2.41. The van der Waals surface area contributed by atoms with Gasteiger partial charge in [-0.25, -0.2) is 9.78 Å². The topological polar surface area (TPSA) is 83.0 Å². The van der Waals surface area contributed by atoms with Gasteiger partial charge in [0, 0.05) is 32.8 Å². The zero-order chi connectivity index (χ0) is 21.3. The molecule has 0 bridgehead atoms. The van der Waals surface area contributed by atoms with Gasteiger partial charge in [-0.3, -0.25) is 4.90 Å². The number of rotatable bonds is 9. The monoisotopic (exact) mass is 433 g/mol. The number of benzene rings is 1. The highest BCUT2D eigenvalue weighted by molar-refractivity contribution is 7.98. The third-order valence-electron chi connectivity index (χ3n) is 4.67. The first-order valence-electron chi connectivity index (χ1n) is 9.66. The number of esters is 1. The first-order valence-corrected chi connectivity index (χ1v) is 10.9. The third-order valence-corrected chi connectivity index (χ3v) is 5.21. The fourth-order valence-corrected chi connectivity index (χ4v) is 3.64. The van der Waals surface area contributed by atoms with Gasteiger partial charge in [0.1, 0.15) is 12.7 Å². The largest absolute Gasteiger partial charge is 0.475 e. The Morgan fingerprint density at radius 3 is 2.90 bits per heavy atom. The molecular weight excluding hydrogens is 406 g/mol. The highest BCUT2D eigenvalue weighted by Gasteiger charge is 2.23. The van der Waals surface area contributed by atoms with Crippen molar-refractivity contribution in [1.29, 1.82) is 0 Å². The molecule has 2 heterocycles. The minimum absolute atomic E-state index is 0.0948. The van der Waals surface area contributed by atoms with Crippen molar-refractivity contribution in [2.24, 2.45) is 0 Å². The van der Waals surface area contributed by atoms with Crippen LogP contribution in [0.3, 0.4) is 0 Å². The van der Waals surface area contributed by atoms with Gasteiger partial charge in [0.05, 0.1) is 31.6 Å². The van der Waals surface area contributed by atoms with Gasteiger partial charge in [-0.1, -0.05) is 30.0 Å². The number of methoxy groups -OCH3 is 2. The molecule has 1 saturated heterocycles. The number of morpholine rings is 1. The molecule has 2 aromatic rings. The lowest BCUT2D eigenvalue weighted by Gasteiger charge is -2.33. The summed E-state index contributed by atoms with van der Waals surface area (Å²) in [4.78, 5) is 23.1. The van der Waals surface area contributed by atoms with Crippen LogP contribution in [0, 0.1) is 0 Å². The Kier molecular flexibility index (Phi) is 8.44. The molecule has 0 aliphatic carbocycles. The van der Waals surface area contributed by atoms with Gasteiger partial charge in [-0.2, -0.15) is 4.98 Å². The number of aromatic nitrogens is 2. The molecule has 30 heavy (non-hydrogen) atoms. The normalized spacial score (nSPS) is 17.0. The van der Waals surface area contributed by atoms with E-state index in [1.54, 1.807) is 19.2 Å². The highest BCUT2D eigenvalue weighted by Crippen LogP contribution is 2.19. The Balaban J connectivity index is 1.60. The zero-order valence-corrected chi connectivity index (χ0v) is 18.3. The van der Waals surface area contributed by atoms with Gasteiger partial charge in [-0.05, 0) is 17.9 Å². The zero-order valence-electron chi connectivity index (χ0n) is 17.5. The molecule has 1 aromatic heterocycles. The summed E-state index contributed by atoms with van der Waals surface area (Å²) in [6.07, 6.45) is 1.83. The van der Waals surface area contributed by atoms with Gasteiger partial charge in [0.15, 0.2) is 5.16 Å². The Bertz CT molecular complexity index is 851. The van der Waals surface area contributed by atoms with Crippen LogP contribution in [-0.4, -0.2) is 73.7 Å². The van der Waals surface area contributed by atoms with Crippen LogP contribution in [0.4, 0.5) is 0 Å². The van der Waals surface area contributed by atoms with Crippen LogP contribution >= 0.6 is 11.8 Å². The molecule has 1 fully saturated rings. The second kappa shape index (κ2) is 11.3. The van der Waals surface area contributed by atoms with E-state index in [1.165, 1.54) is 18.9 Å². The molecule has 9 heteroatoms. The van der Waals surface area contributed by atoms with E-state index in [0.717, 1.165) is 17.8 Å².